The van der Waals surface area contributed by atoms with Crippen molar-refractivity contribution in [2.24, 2.45) is 0 Å². The van der Waals surface area contributed by atoms with Gasteiger partial charge in [-0.3, -0.25) is 4.79 Å². The normalized spacial score (nSPS) is 16.3. The predicted molar refractivity (Wildman–Crippen MR) is 75.1 cm³/mol. The molecule has 4 nitrogen and oxygen atoms in total. The zero-order valence-electron chi connectivity index (χ0n) is 10.8. The zero-order chi connectivity index (χ0) is 13.5. The number of benzene rings is 1. The molecule has 104 valence electrons. The van der Waals surface area contributed by atoms with Crippen LogP contribution in [0.25, 0.3) is 0 Å². The second kappa shape index (κ2) is 7.53. The van der Waals surface area contributed by atoms with Crippen molar-refractivity contribution in [2.45, 2.75) is 30.4 Å². The highest BCUT2D eigenvalue weighted by atomic mass is 32.2. The van der Waals surface area contributed by atoms with Crippen LogP contribution >= 0.6 is 11.8 Å². The highest BCUT2D eigenvalue weighted by Gasteiger charge is 2.15. The first-order valence-electron chi connectivity index (χ1n) is 6.47. The Bertz CT molecular complexity index is 402. The third kappa shape index (κ3) is 4.86. The fourth-order valence-electron chi connectivity index (χ4n) is 1.95. The van der Waals surface area contributed by atoms with E-state index in [-0.39, 0.29) is 18.6 Å². The van der Waals surface area contributed by atoms with Crippen molar-refractivity contribution in [3.8, 4) is 0 Å². The molecule has 1 aliphatic rings. The first-order valence-corrected chi connectivity index (χ1v) is 7.46. The van der Waals surface area contributed by atoms with Gasteiger partial charge in [-0.2, -0.15) is 0 Å². The molecule has 1 heterocycles. The maximum absolute atomic E-state index is 11.8. The second-order valence-corrected chi connectivity index (χ2v) is 5.59. The molecular weight excluding hydrogens is 262 g/mol. The Morgan fingerprint density at radius 2 is 2.00 bits per heavy atom. The van der Waals surface area contributed by atoms with Crippen LogP contribution in [0.1, 0.15) is 18.4 Å². The van der Waals surface area contributed by atoms with Gasteiger partial charge in [-0.1, -0.05) is 12.1 Å². The molecule has 0 unspecified atom stereocenters. The van der Waals surface area contributed by atoms with Crippen LogP contribution in [0.15, 0.2) is 29.2 Å². The van der Waals surface area contributed by atoms with Crippen molar-refractivity contribution in [1.29, 1.82) is 0 Å². The van der Waals surface area contributed by atoms with Gasteiger partial charge in [-0.25, -0.2) is 0 Å². The predicted octanol–water partition coefficient (Wildman–Crippen LogP) is 1.57. The molecule has 1 fully saturated rings. The molecular formula is C14H19NO3S. The number of hydrogen-bond donors (Lipinski definition) is 2. The number of thioether (sulfide) groups is 1. The lowest BCUT2D eigenvalue weighted by Crippen LogP contribution is -2.39. The van der Waals surface area contributed by atoms with Crippen LogP contribution < -0.4 is 5.32 Å². The molecule has 19 heavy (non-hydrogen) atoms. The summed E-state index contributed by atoms with van der Waals surface area (Å²) in [6, 6.07) is 7.87. The van der Waals surface area contributed by atoms with Crippen molar-refractivity contribution in [3.05, 3.63) is 29.8 Å². The third-order valence-electron chi connectivity index (χ3n) is 3.06. The summed E-state index contributed by atoms with van der Waals surface area (Å²) in [6.45, 7) is 1.52. The van der Waals surface area contributed by atoms with Crippen LogP contribution in [-0.4, -0.2) is 36.0 Å². The molecule has 1 saturated heterocycles. The standard InChI is InChI=1S/C14H19NO3S/c16-9-11-1-3-13(4-2-11)19-10-14(17)15-12-5-7-18-8-6-12/h1-4,12,16H,5-10H2,(H,15,17). The third-order valence-corrected chi connectivity index (χ3v) is 4.07. The number of amides is 1. The number of aliphatic hydroxyl groups excluding tert-OH is 1. The Hall–Kier alpha value is -1.04. The lowest BCUT2D eigenvalue weighted by Gasteiger charge is -2.23. The summed E-state index contributed by atoms with van der Waals surface area (Å²) >= 11 is 1.51. The lowest BCUT2D eigenvalue weighted by atomic mass is 10.1. The van der Waals surface area contributed by atoms with Crippen molar-refractivity contribution < 1.29 is 14.6 Å². The number of aliphatic hydroxyl groups is 1. The van der Waals surface area contributed by atoms with Crippen LogP contribution in [0.2, 0.25) is 0 Å². The molecule has 0 radical (unpaired) electrons. The average molecular weight is 281 g/mol. The van der Waals surface area contributed by atoms with Gasteiger partial charge in [0.2, 0.25) is 5.91 Å². The Labute approximate surface area is 117 Å². The molecule has 1 aliphatic heterocycles. The quantitative estimate of drug-likeness (QED) is 0.804. The molecule has 0 aliphatic carbocycles. The maximum Gasteiger partial charge on any atom is 0.230 e. The van der Waals surface area contributed by atoms with E-state index in [1.54, 1.807) is 0 Å². The molecule has 2 rings (SSSR count). The van der Waals surface area contributed by atoms with Crippen molar-refractivity contribution in [2.75, 3.05) is 19.0 Å². The molecule has 0 bridgehead atoms. The first-order chi connectivity index (χ1) is 9.28. The minimum Gasteiger partial charge on any atom is -0.392 e. The molecule has 0 saturated carbocycles. The molecule has 1 amide bonds. The summed E-state index contributed by atoms with van der Waals surface area (Å²) in [7, 11) is 0. The van der Waals surface area contributed by atoms with Crippen molar-refractivity contribution in [3.63, 3.8) is 0 Å². The molecule has 0 atom stereocenters. The smallest absolute Gasteiger partial charge is 0.230 e. The fourth-order valence-corrected chi connectivity index (χ4v) is 2.66. The highest BCUT2D eigenvalue weighted by molar-refractivity contribution is 8.00. The van der Waals surface area contributed by atoms with Crippen molar-refractivity contribution >= 4 is 17.7 Å². The van der Waals surface area contributed by atoms with Crippen molar-refractivity contribution in [1.82, 2.24) is 5.32 Å². The molecule has 0 aromatic heterocycles. The van der Waals surface area contributed by atoms with Gasteiger partial charge < -0.3 is 15.2 Å². The minimum atomic E-state index is 0.0508. The van der Waals surface area contributed by atoms with Gasteiger partial charge in [0.1, 0.15) is 0 Å². The van der Waals surface area contributed by atoms with Crippen LogP contribution in [0.5, 0.6) is 0 Å². The molecule has 1 aromatic rings. The van der Waals surface area contributed by atoms with Gasteiger partial charge in [0.25, 0.3) is 0 Å². The monoisotopic (exact) mass is 281 g/mol. The van der Waals surface area contributed by atoms with E-state index in [0.29, 0.717) is 5.75 Å². The van der Waals surface area contributed by atoms with Gasteiger partial charge in [-0.05, 0) is 30.5 Å². The fraction of sp³-hybridized carbons (Fsp3) is 0.500. The summed E-state index contributed by atoms with van der Waals surface area (Å²) in [5.74, 6) is 0.499. The average Bonchev–Trinajstić information content (AvgIpc) is 2.47. The van der Waals surface area contributed by atoms with Gasteiger partial charge in [0.05, 0.1) is 12.4 Å². The SMILES string of the molecule is O=C(CSc1ccc(CO)cc1)NC1CCOCC1. The van der Waals surface area contributed by atoms with E-state index >= 15 is 0 Å². The number of carbonyl (C=O) groups is 1. The Morgan fingerprint density at radius 3 is 2.63 bits per heavy atom. The Kier molecular flexibility index (Phi) is 5.69. The van der Waals surface area contributed by atoms with Crippen LogP contribution in [-0.2, 0) is 16.1 Å². The van der Waals surface area contributed by atoms with E-state index in [0.717, 1.165) is 36.5 Å². The van der Waals surface area contributed by atoms with Gasteiger partial charge in [0, 0.05) is 24.2 Å². The Morgan fingerprint density at radius 1 is 1.32 bits per heavy atom. The second-order valence-electron chi connectivity index (χ2n) is 4.54. The first kappa shape index (κ1) is 14.4. The van der Waals surface area contributed by atoms with Crippen LogP contribution in [0.4, 0.5) is 0 Å². The summed E-state index contributed by atoms with van der Waals surface area (Å²) < 4.78 is 5.26. The number of rotatable bonds is 5. The van der Waals surface area contributed by atoms with Gasteiger partial charge in [0.15, 0.2) is 0 Å². The Balaban J connectivity index is 1.72. The highest BCUT2D eigenvalue weighted by Crippen LogP contribution is 2.18. The number of hydrogen-bond acceptors (Lipinski definition) is 4. The topological polar surface area (TPSA) is 58.6 Å². The summed E-state index contributed by atoms with van der Waals surface area (Å²) in [5, 5.41) is 12.0. The zero-order valence-corrected chi connectivity index (χ0v) is 11.6. The molecule has 0 spiro atoms. The van der Waals surface area contributed by atoms with E-state index < -0.39 is 0 Å². The number of ether oxygens (including phenoxy) is 1. The molecule has 2 N–H and O–H groups in total. The number of nitrogens with one attached hydrogen (secondary N) is 1. The van der Waals surface area contributed by atoms with Crippen LogP contribution in [0.3, 0.4) is 0 Å². The number of carbonyl (C=O) groups excluding carboxylic acids is 1. The lowest BCUT2D eigenvalue weighted by molar-refractivity contribution is -0.119. The summed E-state index contributed by atoms with van der Waals surface area (Å²) in [5.41, 5.74) is 0.885. The van der Waals surface area contributed by atoms with Gasteiger partial charge in [-0.15, -0.1) is 11.8 Å². The largest absolute Gasteiger partial charge is 0.392 e. The summed E-state index contributed by atoms with van der Waals surface area (Å²) in [6.07, 6.45) is 1.81. The van der Waals surface area contributed by atoms with E-state index in [1.165, 1.54) is 11.8 Å². The van der Waals surface area contributed by atoms with E-state index in [2.05, 4.69) is 5.32 Å². The van der Waals surface area contributed by atoms with Gasteiger partial charge >= 0.3 is 0 Å². The van der Waals surface area contributed by atoms with E-state index in [4.69, 9.17) is 9.84 Å². The molecule has 1 aromatic carbocycles. The van der Waals surface area contributed by atoms with E-state index in [1.807, 2.05) is 24.3 Å². The van der Waals surface area contributed by atoms with E-state index in [9.17, 15) is 4.79 Å². The molecule has 5 heteroatoms. The van der Waals surface area contributed by atoms with Crippen LogP contribution in [0, 0.1) is 0 Å². The summed E-state index contributed by atoms with van der Waals surface area (Å²) in [4.78, 5) is 12.8. The maximum atomic E-state index is 11.8. The minimum absolute atomic E-state index is 0.0508.